The van der Waals surface area contributed by atoms with Gasteiger partial charge in [-0.15, -0.1) is 0 Å². The molecule has 1 aromatic carbocycles. The molecule has 0 saturated carbocycles. The summed E-state index contributed by atoms with van der Waals surface area (Å²) in [6, 6.07) is 2.20. The maximum atomic E-state index is 13.4. The molecular formula is C11H15FN2O3. The second-order valence-corrected chi connectivity index (χ2v) is 3.28. The summed E-state index contributed by atoms with van der Waals surface area (Å²) in [6.45, 7) is 2.92. The monoisotopic (exact) mass is 242 g/mol. The average molecular weight is 242 g/mol. The fraction of sp³-hybridized carbons (Fsp3) is 0.364. The van der Waals surface area contributed by atoms with Crippen LogP contribution < -0.4 is 16.2 Å². The van der Waals surface area contributed by atoms with Crippen LogP contribution in [0.4, 0.5) is 10.1 Å². The fourth-order valence-electron chi connectivity index (χ4n) is 1.25. The number of anilines is 1. The molecule has 94 valence electrons. The minimum Gasteiger partial charge on any atom is -0.488 e. The van der Waals surface area contributed by atoms with Crippen molar-refractivity contribution in [1.29, 1.82) is 0 Å². The van der Waals surface area contributed by atoms with E-state index in [9.17, 15) is 9.18 Å². The summed E-state index contributed by atoms with van der Waals surface area (Å²) in [5.41, 5.74) is 10.6. The first kappa shape index (κ1) is 13.2. The number of hydrogen-bond donors (Lipinski definition) is 2. The smallest absolute Gasteiger partial charge is 0.250 e. The van der Waals surface area contributed by atoms with Crippen LogP contribution in [-0.2, 0) is 4.74 Å². The van der Waals surface area contributed by atoms with Crippen LogP contribution >= 0.6 is 0 Å². The van der Waals surface area contributed by atoms with Gasteiger partial charge in [-0.05, 0) is 13.0 Å². The molecule has 4 N–H and O–H groups in total. The van der Waals surface area contributed by atoms with Gasteiger partial charge in [0, 0.05) is 18.4 Å². The first-order valence-corrected chi connectivity index (χ1v) is 5.15. The number of benzene rings is 1. The van der Waals surface area contributed by atoms with E-state index in [0.29, 0.717) is 13.2 Å². The van der Waals surface area contributed by atoms with Gasteiger partial charge in [-0.25, -0.2) is 4.39 Å². The van der Waals surface area contributed by atoms with Crippen LogP contribution in [0.5, 0.6) is 5.75 Å². The predicted molar refractivity (Wildman–Crippen MR) is 61.3 cm³/mol. The molecule has 1 aromatic rings. The molecular weight excluding hydrogens is 227 g/mol. The summed E-state index contributed by atoms with van der Waals surface area (Å²) in [6.07, 6.45) is 0. The first-order valence-electron chi connectivity index (χ1n) is 5.15. The van der Waals surface area contributed by atoms with E-state index in [2.05, 4.69) is 0 Å². The summed E-state index contributed by atoms with van der Waals surface area (Å²) >= 11 is 0. The molecule has 0 aliphatic rings. The molecule has 0 spiro atoms. The third-order valence-electron chi connectivity index (χ3n) is 2.06. The van der Waals surface area contributed by atoms with Crippen molar-refractivity contribution >= 4 is 11.6 Å². The summed E-state index contributed by atoms with van der Waals surface area (Å²) in [5.74, 6) is -1.42. The van der Waals surface area contributed by atoms with Crippen molar-refractivity contribution in [2.75, 3.05) is 25.6 Å². The third-order valence-corrected chi connectivity index (χ3v) is 2.06. The lowest BCUT2D eigenvalue weighted by atomic mass is 10.1. The zero-order valence-corrected chi connectivity index (χ0v) is 9.53. The van der Waals surface area contributed by atoms with Crippen molar-refractivity contribution in [2.24, 2.45) is 5.73 Å². The van der Waals surface area contributed by atoms with Crippen LogP contribution in [0.25, 0.3) is 0 Å². The topological polar surface area (TPSA) is 87.6 Å². The lowest BCUT2D eigenvalue weighted by molar-refractivity contribution is 0.0999. The number of ether oxygens (including phenoxy) is 2. The lowest BCUT2D eigenvalue weighted by Gasteiger charge is -2.09. The van der Waals surface area contributed by atoms with E-state index in [0.717, 1.165) is 6.07 Å². The van der Waals surface area contributed by atoms with Gasteiger partial charge in [0.15, 0.2) is 11.6 Å². The number of primary amides is 1. The number of nitrogens with two attached hydrogens (primary N) is 2. The van der Waals surface area contributed by atoms with Crippen LogP contribution in [0.2, 0.25) is 0 Å². The van der Waals surface area contributed by atoms with Gasteiger partial charge in [-0.2, -0.15) is 0 Å². The Hall–Kier alpha value is -1.82. The number of halogens is 1. The van der Waals surface area contributed by atoms with Crippen LogP contribution in [0.1, 0.15) is 17.3 Å². The second-order valence-electron chi connectivity index (χ2n) is 3.28. The highest BCUT2D eigenvalue weighted by molar-refractivity contribution is 5.98. The first-order chi connectivity index (χ1) is 8.06. The highest BCUT2D eigenvalue weighted by Gasteiger charge is 2.12. The fourth-order valence-corrected chi connectivity index (χ4v) is 1.25. The van der Waals surface area contributed by atoms with Crippen molar-refractivity contribution < 1.29 is 18.7 Å². The Morgan fingerprint density at radius 1 is 1.41 bits per heavy atom. The molecule has 0 bridgehead atoms. The SMILES string of the molecule is CCOCCOc1cc(C(N)=O)c(N)cc1F. The minimum absolute atomic E-state index is 0.00726. The zero-order chi connectivity index (χ0) is 12.8. The van der Waals surface area contributed by atoms with Gasteiger partial charge in [0.25, 0.3) is 5.91 Å². The summed E-state index contributed by atoms with van der Waals surface area (Å²) in [7, 11) is 0. The number of rotatable bonds is 6. The van der Waals surface area contributed by atoms with E-state index in [1.54, 1.807) is 0 Å². The quantitative estimate of drug-likeness (QED) is 0.573. The summed E-state index contributed by atoms with van der Waals surface area (Å²) in [5, 5.41) is 0. The molecule has 0 saturated heterocycles. The van der Waals surface area contributed by atoms with Gasteiger partial charge in [0.05, 0.1) is 12.2 Å². The third kappa shape index (κ3) is 3.60. The summed E-state index contributed by atoms with van der Waals surface area (Å²) in [4.78, 5) is 11.0. The molecule has 0 fully saturated rings. The van der Waals surface area contributed by atoms with Crippen molar-refractivity contribution in [3.8, 4) is 5.75 Å². The van der Waals surface area contributed by atoms with E-state index in [4.69, 9.17) is 20.9 Å². The van der Waals surface area contributed by atoms with Gasteiger partial charge >= 0.3 is 0 Å². The van der Waals surface area contributed by atoms with E-state index in [-0.39, 0.29) is 23.6 Å². The maximum Gasteiger partial charge on any atom is 0.250 e. The summed E-state index contributed by atoms with van der Waals surface area (Å²) < 4.78 is 23.6. The van der Waals surface area contributed by atoms with E-state index >= 15 is 0 Å². The van der Waals surface area contributed by atoms with Crippen molar-refractivity contribution in [3.05, 3.63) is 23.5 Å². The number of nitrogen functional groups attached to an aromatic ring is 1. The van der Waals surface area contributed by atoms with Crippen molar-refractivity contribution in [1.82, 2.24) is 0 Å². The largest absolute Gasteiger partial charge is 0.488 e. The highest BCUT2D eigenvalue weighted by atomic mass is 19.1. The normalized spacial score (nSPS) is 10.2. The maximum absolute atomic E-state index is 13.4. The molecule has 0 unspecified atom stereocenters. The van der Waals surface area contributed by atoms with Gasteiger partial charge in [-0.1, -0.05) is 0 Å². The Bertz CT molecular complexity index is 410. The van der Waals surface area contributed by atoms with Crippen LogP contribution in [-0.4, -0.2) is 25.7 Å². The van der Waals surface area contributed by atoms with Crippen LogP contribution in [0, 0.1) is 5.82 Å². The van der Waals surface area contributed by atoms with Gasteiger partial charge < -0.3 is 20.9 Å². The Labute approximate surface area is 98.5 Å². The number of amides is 1. The molecule has 5 nitrogen and oxygen atoms in total. The zero-order valence-electron chi connectivity index (χ0n) is 9.53. The predicted octanol–water partition coefficient (Wildman–Crippen LogP) is 0.922. The Kier molecular flexibility index (Phi) is 4.71. The molecule has 0 aliphatic carbocycles. The van der Waals surface area contributed by atoms with E-state index < -0.39 is 11.7 Å². The van der Waals surface area contributed by atoms with E-state index in [1.807, 2.05) is 6.92 Å². The average Bonchev–Trinajstić information content (AvgIpc) is 2.26. The van der Waals surface area contributed by atoms with Crippen molar-refractivity contribution in [3.63, 3.8) is 0 Å². The molecule has 0 aliphatic heterocycles. The highest BCUT2D eigenvalue weighted by Crippen LogP contribution is 2.23. The van der Waals surface area contributed by atoms with Gasteiger partial charge in [0.1, 0.15) is 6.61 Å². The number of carbonyl (C=O) groups excluding carboxylic acids is 1. The van der Waals surface area contributed by atoms with Gasteiger partial charge in [0.2, 0.25) is 0 Å². The van der Waals surface area contributed by atoms with Gasteiger partial charge in [-0.3, -0.25) is 4.79 Å². The molecule has 6 heteroatoms. The standard InChI is InChI=1S/C11H15FN2O3/c1-2-16-3-4-17-10-5-7(11(14)15)9(13)6-8(10)12/h5-6H,2-4,13H2,1H3,(H2,14,15). The Morgan fingerprint density at radius 3 is 2.71 bits per heavy atom. The molecule has 0 atom stereocenters. The molecule has 17 heavy (non-hydrogen) atoms. The van der Waals surface area contributed by atoms with Crippen LogP contribution in [0.15, 0.2) is 12.1 Å². The molecule has 0 aromatic heterocycles. The second kappa shape index (κ2) is 6.05. The van der Waals surface area contributed by atoms with Crippen LogP contribution in [0.3, 0.4) is 0 Å². The Balaban J connectivity index is 2.77. The molecule has 1 amide bonds. The number of hydrogen-bond acceptors (Lipinski definition) is 4. The molecule has 0 radical (unpaired) electrons. The van der Waals surface area contributed by atoms with E-state index in [1.165, 1.54) is 6.07 Å². The minimum atomic E-state index is -0.725. The Morgan fingerprint density at radius 2 is 2.12 bits per heavy atom. The lowest BCUT2D eigenvalue weighted by Crippen LogP contribution is -2.15. The number of carbonyl (C=O) groups is 1. The molecule has 0 heterocycles. The van der Waals surface area contributed by atoms with Crippen molar-refractivity contribution in [2.45, 2.75) is 6.92 Å². The molecule has 1 rings (SSSR count).